The van der Waals surface area contributed by atoms with Crippen LogP contribution < -0.4 is 5.32 Å². The fourth-order valence-corrected chi connectivity index (χ4v) is 2.03. The van der Waals surface area contributed by atoms with Crippen LogP contribution in [-0.2, 0) is 0 Å². The standard InChI is InChI=1S/C7H13N.C2H6/c1-5-2-6-3-7(4-6)8-5;1-2/h5-8H,2-4H2,1H3;1-2H3. The fraction of sp³-hybridized carbons (Fsp3) is 1.00. The van der Waals surface area contributed by atoms with E-state index in [1.165, 1.54) is 19.3 Å². The maximum absolute atomic E-state index is 3.55. The first-order valence-electron chi connectivity index (χ1n) is 4.60. The van der Waals surface area contributed by atoms with E-state index >= 15 is 0 Å². The van der Waals surface area contributed by atoms with Crippen LogP contribution in [0, 0.1) is 5.92 Å². The lowest BCUT2D eigenvalue weighted by atomic mass is 9.72. The molecule has 1 atom stereocenters. The summed E-state index contributed by atoms with van der Waals surface area (Å²) in [5, 5.41) is 3.55. The van der Waals surface area contributed by atoms with Gasteiger partial charge in [0.05, 0.1) is 0 Å². The van der Waals surface area contributed by atoms with E-state index in [1.807, 2.05) is 13.8 Å². The smallest absolute Gasteiger partial charge is 0.00748 e. The van der Waals surface area contributed by atoms with E-state index in [0.29, 0.717) is 0 Å². The van der Waals surface area contributed by atoms with Crippen molar-refractivity contribution in [1.82, 2.24) is 5.32 Å². The molecular weight excluding hydrogens is 122 g/mol. The molecule has 1 heteroatoms. The molecule has 0 aromatic heterocycles. The summed E-state index contributed by atoms with van der Waals surface area (Å²) in [5.41, 5.74) is 0. The lowest BCUT2D eigenvalue weighted by molar-refractivity contribution is 0.124. The highest BCUT2D eigenvalue weighted by molar-refractivity contribution is 4.93. The molecule has 3 fully saturated rings. The fourth-order valence-electron chi connectivity index (χ4n) is 2.03. The minimum Gasteiger partial charge on any atom is -0.311 e. The van der Waals surface area contributed by atoms with Gasteiger partial charge in [0.1, 0.15) is 0 Å². The summed E-state index contributed by atoms with van der Waals surface area (Å²) in [5.74, 6) is 1.09. The van der Waals surface area contributed by atoms with Crippen LogP contribution in [0.25, 0.3) is 0 Å². The van der Waals surface area contributed by atoms with Crippen molar-refractivity contribution in [2.45, 2.75) is 52.1 Å². The van der Waals surface area contributed by atoms with Crippen LogP contribution in [0.5, 0.6) is 0 Å². The van der Waals surface area contributed by atoms with Gasteiger partial charge in [-0.25, -0.2) is 0 Å². The summed E-state index contributed by atoms with van der Waals surface area (Å²) in [6.45, 7) is 6.29. The lowest BCUT2D eigenvalue weighted by Crippen LogP contribution is -2.52. The third-order valence-corrected chi connectivity index (χ3v) is 2.44. The highest BCUT2D eigenvalue weighted by atomic mass is 15.0. The van der Waals surface area contributed by atoms with Crippen molar-refractivity contribution in [2.24, 2.45) is 5.92 Å². The maximum Gasteiger partial charge on any atom is 0.00748 e. The van der Waals surface area contributed by atoms with E-state index in [0.717, 1.165) is 18.0 Å². The van der Waals surface area contributed by atoms with Crippen LogP contribution in [0.15, 0.2) is 0 Å². The van der Waals surface area contributed by atoms with Gasteiger partial charge in [0.25, 0.3) is 0 Å². The third kappa shape index (κ3) is 1.51. The van der Waals surface area contributed by atoms with E-state index in [4.69, 9.17) is 0 Å². The Balaban J connectivity index is 0.000000231. The zero-order valence-electron chi connectivity index (χ0n) is 7.35. The molecule has 3 rings (SSSR count). The summed E-state index contributed by atoms with van der Waals surface area (Å²) in [6.07, 6.45) is 4.35. The topological polar surface area (TPSA) is 12.0 Å². The molecule has 0 aromatic rings. The molecule has 1 aliphatic carbocycles. The van der Waals surface area contributed by atoms with Crippen molar-refractivity contribution < 1.29 is 0 Å². The molecule has 2 bridgehead atoms. The lowest BCUT2D eigenvalue weighted by Gasteiger charge is -2.45. The molecule has 3 aliphatic rings. The van der Waals surface area contributed by atoms with Gasteiger partial charge in [-0.2, -0.15) is 0 Å². The van der Waals surface area contributed by atoms with E-state index in [2.05, 4.69) is 12.2 Å². The van der Waals surface area contributed by atoms with Crippen LogP contribution in [0.1, 0.15) is 40.0 Å². The minimum absolute atomic E-state index is 0.812. The van der Waals surface area contributed by atoms with Crippen LogP contribution in [0.4, 0.5) is 0 Å². The molecule has 0 amide bonds. The summed E-state index contributed by atoms with van der Waals surface area (Å²) >= 11 is 0. The molecule has 0 aromatic carbocycles. The van der Waals surface area contributed by atoms with Gasteiger partial charge >= 0.3 is 0 Å². The average molecular weight is 141 g/mol. The van der Waals surface area contributed by atoms with E-state index in [1.54, 1.807) is 0 Å². The number of fused-ring (bicyclic) bond motifs is 2. The molecule has 2 aliphatic heterocycles. The number of piperidine rings is 2. The molecule has 0 radical (unpaired) electrons. The van der Waals surface area contributed by atoms with Crippen LogP contribution in [0.2, 0.25) is 0 Å². The van der Waals surface area contributed by atoms with Gasteiger partial charge in [0.2, 0.25) is 0 Å². The first-order chi connectivity index (χ1) is 4.84. The van der Waals surface area contributed by atoms with Crippen molar-refractivity contribution in [1.29, 1.82) is 0 Å². The predicted molar refractivity (Wildman–Crippen MR) is 45.1 cm³/mol. The third-order valence-electron chi connectivity index (χ3n) is 2.44. The second-order valence-electron chi connectivity index (χ2n) is 3.34. The van der Waals surface area contributed by atoms with Crippen molar-refractivity contribution >= 4 is 0 Å². The van der Waals surface area contributed by atoms with E-state index in [9.17, 15) is 0 Å². The van der Waals surface area contributed by atoms with Crippen LogP contribution >= 0.6 is 0 Å². The Morgan fingerprint density at radius 3 is 1.90 bits per heavy atom. The Morgan fingerprint density at radius 2 is 1.70 bits per heavy atom. The molecule has 60 valence electrons. The van der Waals surface area contributed by atoms with Crippen molar-refractivity contribution in [3.63, 3.8) is 0 Å². The van der Waals surface area contributed by atoms with Gasteiger partial charge in [0.15, 0.2) is 0 Å². The Morgan fingerprint density at radius 1 is 1.10 bits per heavy atom. The highest BCUT2D eigenvalue weighted by Crippen LogP contribution is 2.35. The number of rotatable bonds is 0. The minimum atomic E-state index is 0.812. The van der Waals surface area contributed by atoms with Gasteiger partial charge in [-0.3, -0.25) is 0 Å². The van der Waals surface area contributed by atoms with Crippen molar-refractivity contribution in [3.8, 4) is 0 Å². The Kier molecular flexibility index (Phi) is 2.72. The first-order valence-corrected chi connectivity index (χ1v) is 4.60. The van der Waals surface area contributed by atoms with Crippen molar-refractivity contribution in [3.05, 3.63) is 0 Å². The Labute approximate surface area is 64.2 Å². The van der Waals surface area contributed by atoms with Gasteiger partial charge < -0.3 is 5.32 Å². The highest BCUT2D eigenvalue weighted by Gasteiger charge is 2.35. The predicted octanol–water partition coefficient (Wildman–Crippen LogP) is 2.17. The van der Waals surface area contributed by atoms with Crippen molar-refractivity contribution in [2.75, 3.05) is 0 Å². The maximum atomic E-state index is 3.55. The summed E-state index contributed by atoms with van der Waals surface area (Å²) < 4.78 is 0. The second kappa shape index (κ2) is 3.38. The molecule has 2 heterocycles. The SMILES string of the molecule is CC.CC1CC2CC(C2)N1. The quantitative estimate of drug-likeness (QED) is 0.545. The van der Waals surface area contributed by atoms with E-state index in [-0.39, 0.29) is 0 Å². The van der Waals surface area contributed by atoms with Gasteiger partial charge in [0, 0.05) is 12.1 Å². The molecular formula is C9H19N. The zero-order valence-corrected chi connectivity index (χ0v) is 7.35. The molecule has 1 N–H and O–H groups in total. The number of hydrogen-bond acceptors (Lipinski definition) is 1. The van der Waals surface area contributed by atoms with Gasteiger partial charge in [-0.15, -0.1) is 0 Å². The Hall–Kier alpha value is -0.0400. The number of nitrogens with one attached hydrogen (secondary N) is 1. The second-order valence-corrected chi connectivity index (χ2v) is 3.34. The zero-order chi connectivity index (χ0) is 7.56. The van der Waals surface area contributed by atoms with Crippen LogP contribution in [0.3, 0.4) is 0 Å². The average Bonchev–Trinajstić information content (AvgIpc) is 1.90. The molecule has 1 nitrogen and oxygen atoms in total. The molecule has 10 heavy (non-hydrogen) atoms. The first kappa shape index (κ1) is 8.06. The monoisotopic (exact) mass is 141 g/mol. The number of hydrogen-bond donors (Lipinski definition) is 1. The van der Waals surface area contributed by atoms with Gasteiger partial charge in [-0.05, 0) is 32.1 Å². The largest absolute Gasteiger partial charge is 0.311 e. The normalized spacial score (nSPS) is 42.9. The summed E-state index contributed by atoms with van der Waals surface area (Å²) in [6, 6.07) is 1.72. The van der Waals surface area contributed by atoms with Crippen LogP contribution in [-0.4, -0.2) is 12.1 Å². The van der Waals surface area contributed by atoms with Gasteiger partial charge in [-0.1, -0.05) is 13.8 Å². The Bertz CT molecular complexity index is 84.9. The molecule has 1 saturated carbocycles. The summed E-state index contributed by atoms with van der Waals surface area (Å²) in [4.78, 5) is 0. The summed E-state index contributed by atoms with van der Waals surface area (Å²) in [7, 11) is 0. The molecule has 2 saturated heterocycles. The molecule has 0 spiro atoms. The van der Waals surface area contributed by atoms with E-state index < -0.39 is 0 Å². The molecule has 1 unspecified atom stereocenters.